The molecular formula is C18H26BrNO2. The van der Waals surface area contributed by atoms with E-state index in [0.717, 1.165) is 45.8 Å². The third-order valence-corrected chi connectivity index (χ3v) is 5.25. The number of rotatable bonds is 7. The van der Waals surface area contributed by atoms with Crippen molar-refractivity contribution in [3.05, 3.63) is 33.8 Å². The van der Waals surface area contributed by atoms with Crippen LogP contribution in [0, 0.1) is 11.8 Å². The monoisotopic (exact) mass is 367 g/mol. The molecule has 1 heterocycles. The molecule has 3 atom stereocenters. The molecule has 3 rings (SSSR count). The van der Waals surface area contributed by atoms with Crippen LogP contribution in [0.2, 0.25) is 0 Å². The second-order valence-corrected chi connectivity index (χ2v) is 7.53. The Labute approximate surface area is 141 Å². The van der Waals surface area contributed by atoms with Crippen LogP contribution in [0.25, 0.3) is 0 Å². The average Bonchev–Trinajstić information content (AvgIpc) is 3.11. The van der Waals surface area contributed by atoms with E-state index in [2.05, 4.69) is 46.4 Å². The Kier molecular flexibility index (Phi) is 5.91. The summed E-state index contributed by atoms with van der Waals surface area (Å²) in [6, 6.07) is 7.15. The molecule has 0 aromatic heterocycles. The van der Waals surface area contributed by atoms with Crippen LogP contribution in [0.4, 0.5) is 0 Å². The molecule has 1 aromatic carbocycles. The van der Waals surface area contributed by atoms with E-state index in [9.17, 15) is 0 Å². The van der Waals surface area contributed by atoms with Gasteiger partial charge in [0.2, 0.25) is 0 Å². The third-order valence-electron chi connectivity index (χ3n) is 4.76. The first-order valence-corrected chi connectivity index (χ1v) is 9.20. The first kappa shape index (κ1) is 16.4. The van der Waals surface area contributed by atoms with Crippen molar-refractivity contribution in [3.8, 4) is 0 Å². The van der Waals surface area contributed by atoms with Crippen molar-refractivity contribution in [2.24, 2.45) is 11.8 Å². The van der Waals surface area contributed by atoms with Crippen LogP contribution in [0.15, 0.2) is 22.7 Å². The van der Waals surface area contributed by atoms with Gasteiger partial charge in [0.25, 0.3) is 0 Å². The maximum Gasteiger partial charge on any atom is 0.0517 e. The van der Waals surface area contributed by atoms with Crippen molar-refractivity contribution in [1.29, 1.82) is 0 Å². The van der Waals surface area contributed by atoms with Gasteiger partial charge in [0.1, 0.15) is 0 Å². The molecule has 1 N–H and O–H groups in total. The van der Waals surface area contributed by atoms with Gasteiger partial charge in [0, 0.05) is 29.6 Å². The Hall–Kier alpha value is -0.420. The van der Waals surface area contributed by atoms with E-state index in [4.69, 9.17) is 9.47 Å². The van der Waals surface area contributed by atoms with Crippen molar-refractivity contribution in [1.82, 2.24) is 5.32 Å². The van der Waals surface area contributed by atoms with Gasteiger partial charge in [-0.1, -0.05) is 28.9 Å². The number of halogens is 1. The van der Waals surface area contributed by atoms with Crippen LogP contribution < -0.4 is 5.32 Å². The van der Waals surface area contributed by atoms with E-state index in [1.807, 2.05) is 0 Å². The molecule has 1 saturated heterocycles. The average molecular weight is 368 g/mol. The normalized spacial score (nSPS) is 27.3. The zero-order chi connectivity index (χ0) is 15.4. The Morgan fingerprint density at radius 1 is 1.41 bits per heavy atom. The molecule has 3 nitrogen and oxygen atoms in total. The van der Waals surface area contributed by atoms with Crippen molar-refractivity contribution < 1.29 is 9.47 Å². The zero-order valence-electron chi connectivity index (χ0n) is 13.3. The Bertz CT molecular complexity index is 488. The topological polar surface area (TPSA) is 30.5 Å². The molecule has 0 amide bonds. The smallest absolute Gasteiger partial charge is 0.0517 e. The number of fused-ring (bicyclic) bond motifs is 1. The molecule has 0 unspecified atom stereocenters. The van der Waals surface area contributed by atoms with Crippen LogP contribution in [0.3, 0.4) is 0 Å². The molecule has 0 bridgehead atoms. The van der Waals surface area contributed by atoms with Gasteiger partial charge in [-0.2, -0.15) is 0 Å². The minimum Gasteiger partial charge on any atom is -0.381 e. The molecule has 1 aromatic rings. The summed E-state index contributed by atoms with van der Waals surface area (Å²) in [6.45, 7) is 6.84. The molecule has 1 fully saturated rings. The van der Waals surface area contributed by atoms with Gasteiger partial charge in [-0.05, 0) is 55.0 Å². The summed E-state index contributed by atoms with van der Waals surface area (Å²) in [7, 11) is 0. The van der Waals surface area contributed by atoms with Gasteiger partial charge in [-0.25, -0.2) is 0 Å². The van der Waals surface area contributed by atoms with E-state index in [0.29, 0.717) is 17.9 Å². The Morgan fingerprint density at radius 2 is 2.32 bits per heavy atom. The fraction of sp³-hybridized carbons (Fsp3) is 0.667. The molecule has 122 valence electrons. The maximum atomic E-state index is 5.77. The van der Waals surface area contributed by atoms with Gasteiger partial charge in [-0.3, -0.25) is 0 Å². The predicted molar refractivity (Wildman–Crippen MR) is 92.1 cm³/mol. The van der Waals surface area contributed by atoms with Gasteiger partial charge >= 0.3 is 0 Å². The Balaban J connectivity index is 1.37. The zero-order valence-corrected chi connectivity index (χ0v) is 14.9. The first-order chi connectivity index (χ1) is 10.7. The summed E-state index contributed by atoms with van der Waals surface area (Å²) in [6.07, 6.45) is 3.40. The van der Waals surface area contributed by atoms with Crippen LogP contribution >= 0.6 is 15.9 Å². The summed E-state index contributed by atoms with van der Waals surface area (Å²) >= 11 is 3.59. The minimum atomic E-state index is 0.482. The molecule has 0 spiro atoms. The van der Waals surface area contributed by atoms with Gasteiger partial charge in [0.15, 0.2) is 0 Å². The molecular weight excluding hydrogens is 342 g/mol. The number of hydrogen-bond acceptors (Lipinski definition) is 3. The molecule has 0 saturated carbocycles. The largest absolute Gasteiger partial charge is 0.381 e. The van der Waals surface area contributed by atoms with E-state index < -0.39 is 0 Å². The summed E-state index contributed by atoms with van der Waals surface area (Å²) in [5.41, 5.74) is 2.96. The van der Waals surface area contributed by atoms with E-state index in [1.165, 1.54) is 22.0 Å². The number of nitrogens with one attached hydrogen (secondary N) is 1. The molecule has 4 heteroatoms. The van der Waals surface area contributed by atoms with Crippen molar-refractivity contribution in [2.45, 2.75) is 32.2 Å². The molecule has 22 heavy (non-hydrogen) atoms. The van der Waals surface area contributed by atoms with Crippen LogP contribution in [0.1, 0.15) is 36.9 Å². The van der Waals surface area contributed by atoms with Gasteiger partial charge in [0.05, 0.1) is 13.2 Å². The summed E-state index contributed by atoms with van der Waals surface area (Å²) < 4.78 is 12.3. The third kappa shape index (κ3) is 4.10. The molecule has 1 aliphatic carbocycles. The second kappa shape index (κ2) is 7.91. The summed E-state index contributed by atoms with van der Waals surface area (Å²) in [5, 5.41) is 3.72. The quantitative estimate of drug-likeness (QED) is 0.745. The summed E-state index contributed by atoms with van der Waals surface area (Å²) in [4.78, 5) is 0. The van der Waals surface area contributed by atoms with E-state index >= 15 is 0 Å². The van der Waals surface area contributed by atoms with E-state index in [1.54, 1.807) is 0 Å². The molecule has 0 radical (unpaired) electrons. The number of ether oxygens (including phenoxy) is 2. The standard InChI is InChI=1S/C18H26BrNO2/c1-13-9-15-3-4-16(19)10-17(15)18(13)20-6-2-7-21-11-14-5-8-22-12-14/h3-4,10,13-14,18,20H,2,5-9,11-12H2,1H3/t13-,14+,18-/m1/s1. The fourth-order valence-electron chi connectivity index (χ4n) is 3.52. The van der Waals surface area contributed by atoms with Crippen molar-refractivity contribution >= 4 is 15.9 Å². The summed E-state index contributed by atoms with van der Waals surface area (Å²) in [5.74, 6) is 1.29. The highest BCUT2D eigenvalue weighted by molar-refractivity contribution is 9.10. The predicted octanol–water partition coefficient (Wildman–Crippen LogP) is 3.72. The second-order valence-electron chi connectivity index (χ2n) is 6.61. The molecule has 2 aliphatic rings. The maximum absolute atomic E-state index is 5.77. The van der Waals surface area contributed by atoms with Crippen LogP contribution in [0.5, 0.6) is 0 Å². The van der Waals surface area contributed by atoms with E-state index in [-0.39, 0.29) is 0 Å². The number of hydrogen-bond donors (Lipinski definition) is 1. The fourth-order valence-corrected chi connectivity index (χ4v) is 3.90. The van der Waals surface area contributed by atoms with Crippen molar-refractivity contribution in [3.63, 3.8) is 0 Å². The van der Waals surface area contributed by atoms with Crippen LogP contribution in [-0.2, 0) is 15.9 Å². The van der Waals surface area contributed by atoms with Gasteiger partial charge in [-0.15, -0.1) is 0 Å². The van der Waals surface area contributed by atoms with Crippen molar-refractivity contribution in [2.75, 3.05) is 33.0 Å². The highest BCUT2D eigenvalue weighted by Crippen LogP contribution is 2.37. The van der Waals surface area contributed by atoms with Crippen LogP contribution in [-0.4, -0.2) is 33.0 Å². The highest BCUT2D eigenvalue weighted by Gasteiger charge is 2.28. The highest BCUT2D eigenvalue weighted by atomic mass is 79.9. The first-order valence-electron chi connectivity index (χ1n) is 8.41. The minimum absolute atomic E-state index is 0.482. The van der Waals surface area contributed by atoms with Gasteiger partial charge < -0.3 is 14.8 Å². The Morgan fingerprint density at radius 3 is 3.14 bits per heavy atom. The lowest BCUT2D eigenvalue weighted by Crippen LogP contribution is -2.26. The lowest BCUT2D eigenvalue weighted by atomic mass is 10.0. The number of benzene rings is 1. The lowest BCUT2D eigenvalue weighted by Gasteiger charge is -2.19. The SMILES string of the molecule is C[C@@H]1Cc2ccc(Br)cc2[C@@H]1NCCCOC[C@@H]1CCOC1. The lowest BCUT2D eigenvalue weighted by molar-refractivity contribution is 0.0877. The molecule has 1 aliphatic heterocycles.